The summed E-state index contributed by atoms with van der Waals surface area (Å²) in [6, 6.07) is 12.2. The number of carbonyl (C=O) groups excluding carboxylic acids is 1. The third-order valence-corrected chi connectivity index (χ3v) is 5.80. The molecular formula is C18H17BrN6OS. The highest BCUT2D eigenvalue weighted by molar-refractivity contribution is 9.11. The summed E-state index contributed by atoms with van der Waals surface area (Å²) in [4.78, 5) is 15.2. The van der Waals surface area contributed by atoms with Crippen molar-refractivity contribution in [3.8, 4) is 6.07 Å². The van der Waals surface area contributed by atoms with Crippen molar-refractivity contribution in [3.63, 3.8) is 0 Å². The summed E-state index contributed by atoms with van der Waals surface area (Å²) in [5, 5.41) is 20.7. The average Bonchev–Trinajstić information content (AvgIpc) is 3.14. The fraction of sp³-hybridized carbons (Fsp3) is 0.278. The molecule has 0 radical (unpaired) electrons. The maximum Gasteiger partial charge on any atom is 0.264 e. The molecule has 1 aliphatic rings. The summed E-state index contributed by atoms with van der Waals surface area (Å²) in [5.41, 5.74) is 7.14. The van der Waals surface area contributed by atoms with Crippen LogP contribution < -0.4 is 5.73 Å². The Kier molecular flexibility index (Phi) is 6.32. The van der Waals surface area contributed by atoms with Crippen LogP contribution in [0.25, 0.3) is 0 Å². The van der Waals surface area contributed by atoms with E-state index in [4.69, 9.17) is 11.0 Å². The smallest absolute Gasteiger partial charge is 0.264 e. The second-order valence-electron chi connectivity index (χ2n) is 5.99. The Labute approximate surface area is 169 Å². The Bertz CT molecular complexity index is 932. The van der Waals surface area contributed by atoms with Crippen molar-refractivity contribution in [2.24, 2.45) is 21.2 Å². The van der Waals surface area contributed by atoms with Crippen LogP contribution in [0.5, 0.6) is 0 Å². The Morgan fingerprint density at radius 1 is 1.33 bits per heavy atom. The molecule has 0 bridgehead atoms. The standard InChI is InChI=1S/C18H17BrN6OS/c19-16-8-7-15(27-16)18(26)25-9-2-1-6-14(25)17(21)23-24-22-13-5-3-4-12(10-13)11-20/h3-5,7-8,10,14H,1-2,6,9H2,(H2,21,22,23). The number of hydrogen-bond acceptors (Lipinski definition) is 5. The minimum absolute atomic E-state index is 0.0489. The first kappa shape index (κ1) is 19.2. The summed E-state index contributed by atoms with van der Waals surface area (Å²) in [5.74, 6) is 0.214. The molecule has 1 fully saturated rings. The SMILES string of the molecule is N#Cc1cccc(N=NN=C(N)C2CCCCN2C(=O)c2ccc(Br)s2)c1. The lowest BCUT2D eigenvalue weighted by atomic mass is 10.0. The highest BCUT2D eigenvalue weighted by Gasteiger charge is 2.30. The summed E-state index contributed by atoms with van der Waals surface area (Å²) in [6.07, 6.45) is 2.65. The molecule has 1 saturated heterocycles. The average molecular weight is 445 g/mol. The zero-order valence-corrected chi connectivity index (χ0v) is 16.8. The molecule has 27 heavy (non-hydrogen) atoms. The van der Waals surface area contributed by atoms with E-state index in [9.17, 15) is 4.79 Å². The first-order valence-electron chi connectivity index (χ1n) is 8.39. The van der Waals surface area contributed by atoms with Gasteiger partial charge in [-0.15, -0.1) is 21.6 Å². The van der Waals surface area contributed by atoms with Crippen molar-refractivity contribution >= 4 is 44.7 Å². The molecule has 0 aliphatic carbocycles. The van der Waals surface area contributed by atoms with E-state index in [1.54, 1.807) is 35.2 Å². The molecule has 2 N–H and O–H groups in total. The zero-order chi connectivity index (χ0) is 19.2. The van der Waals surface area contributed by atoms with Gasteiger partial charge in [0.05, 0.1) is 32.0 Å². The Hall–Kier alpha value is -2.57. The molecule has 2 heterocycles. The fourth-order valence-corrected chi connectivity index (χ4v) is 4.23. The third-order valence-electron chi connectivity index (χ3n) is 4.18. The van der Waals surface area contributed by atoms with E-state index < -0.39 is 0 Å². The number of halogens is 1. The minimum atomic E-state index is -0.295. The van der Waals surface area contributed by atoms with Crippen LogP contribution in [-0.4, -0.2) is 29.2 Å². The van der Waals surface area contributed by atoms with E-state index in [1.165, 1.54) is 11.3 Å². The lowest BCUT2D eigenvalue weighted by Gasteiger charge is -2.34. The highest BCUT2D eigenvalue weighted by Crippen LogP contribution is 2.26. The molecule has 0 saturated carbocycles. The molecule has 1 amide bonds. The molecule has 1 aromatic heterocycles. The number of carbonyl (C=O) groups is 1. The second kappa shape index (κ2) is 8.88. The lowest BCUT2D eigenvalue weighted by Crippen LogP contribution is -2.50. The quantitative estimate of drug-likeness (QED) is 0.326. The van der Waals surface area contributed by atoms with Gasteiger partial charge in [-0.2, -0.15) is 5.26 Å². The number of hydrogen-bond donors (Lipinski definition) is 1. The van der Waals surface area contributed by atoms with E-state index in [1.807, 2.05) is 12.1 Å². The number of nitriles is 1. The van der Waals surface area contributed by atoms with Gasteiger partial charge in [-0.1, -0.05) is 6.07 Å². The van der Waals surface area contributed by atoms with E-state index in [0.717, 1.165) is 23.0 Å². The maximum atomic E-state index is 12.8. The van der Waals surface area contributed by atoms with Gasteiger partial charge in [0.25, 0.3) is 5.91 Å². The van der Waals surface area contributed by atoms with Crippen molar-refractivity contribution < 1.29 is 4.79 Å². The molecule has 1 aromatic carbocycles. The second-order valence-corrected chi connectivity index (χ2v) is 8.45. The van der Waals surface area contributed by atoms with Crippen molar-refractivity contribution in [1.29, 1.82) is 5.26 Å². The van der Waals surface area contributed by atoms with E-state index >= 15 is 0 Å². The van der Waals surface area contributed by atoms with Crippen molar-refractivity contribution in [3.05, 3.63) is 50.6 Å². The number of amidine groups is 1. The monoisotopic (exact) mass is 444 g/mol. The summed E-state index contributed by atoms with van der Waals surface area (Å²) in [7, 11) is 0. The molecule has 1 atom stereocenters. The molecule has 9 heteroatoms. The van der Waals surface area contributed by atoms with Crippen LogP contribution in [0.15, 0.2) is 55.6 Å². The van der Waals surface area contributed by atoms with E-state index in [2.05, 4.69) is 31.4 Å². The molecule has 3 rings (SSSR count). The van der Waals surface area contributed by atoms with E-state index in [-0.39, 0.29) is 17.8 Å². The van der Waals surface area contributed by atoms with Gasteiger partial charge in [0, 0.05) is 6.54 Å². The first-order valence-corrected chi connectivity index (χ1v) is 10.00. The van der Waals surface area contributed by atoms with Crippen molar-refractivity contribution in [2.75, 3.05) is 6.54 Å². The third kappa shape index (κ3) is 4.78. The molecule has 1 aliphatic heterocycles. The van der Waals surface area contributed by atoms with Crippen LogP contribution in [0.2, 0.25) is 0 Å². The molecule has 2 aromatic rings. The zero-order valence-electron chi connectivity index (χ0n) is 14.4. The Balaban J connectivity index is 1.75. The van der Waals surface area contributed by atoms with Gasteiger partial charge in [-0.05, 0) is 70.7 Å². The van der Waals surface area contributed by atoms with Gasteiger partial charge in [-0.3, -0.25) is 4.79 Å². The predicted molar refractivity (Wildman–Crippen MR) is 108 cm³/mol. The van der Waals surface area contributed by atoms with Gasteiger partial charge in [0.1, 0.15) is 5.84 Å². The Morgan fingerprint density at radius 3 is 2.93 bits per heavy atom. The number of rotatable bonds is 4. The molecule has 0 spiro atoms. The number of piperidine rings is 1. The van der Waals surface area contributed by atoms with Crippen LogP contribution in [-0.2, 0) is 0 Å². The predicted octanol–water partition coefficient (Wildman–Crippen LogP) is 4.43. The van der Waals surface area contributed by atoms with Crippen molar-refractivity contribution in [2.45, 2.75) is 25.3 Å². The van der Waals surface area contributed by atoms with Gasteiger partial charge >= 0.3 is 0 Å². The molecule has 7 nitrogen and oxygen atoms in total. The lowest BCUT2D eigenvalue weighted by molar-refractivity contribution is 0.0684. The van der Waals surface area contributed by atoms with Gasteiger partial charge in [-0.25, -0.2) is 0 Å². The normalized spacial score (nSPS) is 17.9. The number of nitrogens with zero attached hydrogens (tertiary/aromatic N) is 5. The number of nitrogens with two attached hydrogens (primary N) is 1. The number of likely N-dealkylation sites (tertiary alicyclic amines) is 1. The molecule has 1 unspecified atom stereocenters. The van der Waals surface area contributed by atoms with E-state index in [0.29, 0.717) is 22.7 Å². The van der Waals surface area contributed by atoms with Crippen molar-refractivity contribution in [1.82, 2.24) is 4.90 Å². The van der Waals surface area contributed by atoms with Crippen LogP contribution in [0.4, 0.5) is 5.69 Å². The van der Waals surface area contributed by atoms with Gasteiger partial charge in [0.2, 0.25) is 0 Å². The highest BCUT2D eigenvalue weighted by atomic mass is 79.9. The first-order chi connectivity index (χ1) is 13.1. The Morgan fingerprint density at radius 2 is 2.19 bits per heavy atom. The molecule has 138 valence electrons. The fourth-order valence-electron chi connectivity index (χ4n) is 2.88. The number of thiophene rings is 1. The topological polar surface area (TPSA) is 107 Å². The van der Waals surface area contributed by atoms with Crippen LogP contribution in [0, 0.1) is 11.3 Å². The van der Waals surface area contributed by atoms with Crippen LogP contribution in [0.3, 0.4) is 0 Å². The largest absolute Gasteiger partial charge is 0.384 e. The van der Waals surface area contributed by atoms with Crippen LogP contribution >= 0.6 is 27.3 Å². The number of amides is 1. The summed E-state index contributed by atoms with van der Waals surface area (Å²) >= 11 is 4.79. The minimum Gasteiger partial charge on any atom is -0.384 e. The maximum absolute atomic E-state index is 12.8. The van der Waals surface area contributed by atoms with Gasteiger partial charge in [0.15, 0.2) is 0 Å². The molecular weight excluding hydrogens is 428 g/mol. The summed E-state index contributed by atoms with van der Waals surface area (Å²) < 4.78 is 0.912. The van der Waals surface area contributed by atoms with Gasteiger partial charge < -0.3 is 10.6 Å². The summed E-state index contributed by atoms with van der Waals surface area (Å²) in [6.45, 7) is 0.636. The van der Waals surface area contributed by atoms with Crippen LogP contribution in [0.1, 0.15) is 34.5 Å². The number of benzene rings is 1.